The molecule has 0 unspecified atom stereocenters. The number of anilines is 1. The molecule has 0 bridgehead atoms. The minimum atomic E-state index is -0.227. The van der Waals surface area contributed by atoms with Gasteiger partial charge in [0, 0.05) is 36.3 Å². The van der Waals surface area contributed by atoms with Crippen LogP contribution in [0.15, 0.2) is 24.3 Å². The van der Waals surface area contributed by atoms with Gasteiger partial charge >= 0.3 is 0 Å². The lowest BCUT2D eigenvalue weighted by Crippen LogP contribution is -2.39. The Kier molecular flexibility index (Phi) is 5.63. The largest absolute Gasteiger partial charge is 0.300 e. The molecule has 1 aromatic heterocycles. The first-order chi connectivity index (χ1) is 13.9. The van der Waals surface area contributed by atoms with Crippen molar-refractivity contribution in [3.63, 3.8) is 0 Å². The molecule has 154 valence electrons. The van der Waals surface area contributed by atoms with Crippen LogP contribution in [0.25, 0.3) is 0 Å². The number of rotatable bonds is 5. The maximum absolute atomic E-state index is 14.0. The topological polar surface area (TPSA) is 49.3 Å². The zero-order valence-corrected chi connectivity index (χ0v) is 17.5. The maximum atomic E-state index is 14.0. The number of amides is 1. The molecule has 29 heavy (non-hydrogen) atoms. The van der Waals surface area contributed by atoms with Gasteiger partial charge in [0.15, 0.2) is 0 Å². The van der Waals surface area contributed by atoms with Crippen LogP contribution in [-0.4, -0.2) is 46.5 Å². The Morgan fingerprint density at radius 3 is 2.79 bits per heavy atom. The molecular weight excluding hydrogens is 367 g/mol. The van der Waals surface area contributed by atoms with Crippen LogP contribution < -0.4 is 4.90 Å². The summed E-state index contributed by atoms with van der Waals surface area (Å²) in [7, 11) is 0. The standard InChI is InChI=1S/C23H29FN4O/c1-15(2)27-11-6-8-18(14-27)22-25-16(3)19-13-21(29)28(23(19)26-22)12-10-17-7-4-5-9-20(17)24/h4-5,7,9,15,18H,6,8,10-14H2,1-3H3/t18-/m1/s1. The first-order valence-corrected chi connectivity index (χ1v) is 10.6. The summed E-state index contributed by atoms with van der Waals surface area (Å²) in [6, 6.07) is 7.25. The average molecular weight is 397 g/mol. The highest BCUT2D eigenvalue weighted by atomic mass is 19.1. The number of carbonyl (C=O) groups is 1. The zero-order chi connectivity index (χ0) is 20.5. The fourth-order valence-electron chi connectivity index (χ4n) is 4.43. The van der Waals surface area contributed by atoms with Gasteiger partial charge in [-0.25, -0.2) is 14.4 Å². The highest BCUT2D eigenvalue weighted by Crippen LogP contribution is 2.33. The lowest BCUT2D eigenvalue weighted by atomic mass is 9.96. The highest BCUT2D eigenvalue weighted by Gasteiger charge is 2.33. The Balaban J connectivity index is 1.58. The lowest BCUT2D eigenvalue weighted by molar-refractivity contribution is -0.117. The third-order valence-electron chi connectivity index (χ3n) is 6.20. The molecule has 3 heterocycles. The van der Waals surface area contributed by atoms with Crippen LogP contribution in [0, 0.1) is 12.7 Å². The Bertz CT molecular complexity index is 914. The third-order valence-corrected chi connectivity index (χ3v) is 6.20. The number of halogens is 1. The molecule has 0 N–H and O–H groups in total. The van der Waals surface area contributed by atoms with E-state index in [-0.39, 0.29) is 11.7 Å². The minimum absolute atomic E-state index is 0.0262. The maximum Gasteiger partial charge on any atom is 0.232 e. The van der Waals surface area contributed by atoms with Gasteiger partial charge in [-0.2, -0.15) is 0 Å². The summed E-state index contributed by atoms with van der Waals surface area (Å²) in [5.74, 6) is 1.67. The van der Waals surface area contributed by atoms with E-state index in [0.717, 1.165) is 48.8 Å². The van der Waals surface area contributed by atoms with E-state index in [4.69, 9.17) is 9.97 Å². The summed E-state index contributed by atoms with van der Waals surface area (Å²) in [6.07, 6.45) is 3.02. The molecule has 2 aliphatic rings. The van der Waals surface area contributed by atoms with Crippen LogP contribution in [-0.2, 0) is 17.6 Å². The normalized spacial score (nSPS) is 19.8. The SMILES string of the molecule is Cc1nc([C@@H]2CCCN(C(C)C)C2)nc2c1CC(=O)N2CCc1ccccc1F. The lowest BCUT2D eigenvalue weighted by Gasteiger charge is -2.35. The van der Waals surface area contributed by atoms with Gasteiger partial charge in [-0.1, -0.05) is 18.2 Å². The van der Waals surface area contributed by atoms with E-state index >= 15 is 0 Å². The predicted molar refractivity (Wildman–Crippen MR) is 112 cm³/mol. The van der Waals surface area contributed by atoms with E-state index in [2.05, 4.69) is 18.7 Å². The molecule has 1 aromatic carbocycles. The second kappa shape index (κ2) is 8.19. The van der Waals surface area contributed by atoms with Gasteiger partial charge in [0.2, 0.25) is 5.91 Å². The predicted octanol–water partition coefficient (Wildman–Crippen LogP) is 3.64. The summed E-state index contributed by atoms with van der Waals surface area (Å²) in [5.41, 5.74) is 2.44. The molecule has 0 aliphatic carbocycles. The fourth-order valence-corrected chi connectivity index (χ4v) is 4.43. The quantitative estimate of drug-likeness (QED) is 0.774. The van der Waals surface area contributed by atoms with Crippen LogP contribution in [0.5, 0.6) is 0 Å². The fraction of sp³-hybridized carbons (Fsp3) is 0.522. The van der Waals surface area contributed by atoms with Gasteiger partial charge in [-0.15, -0.1) is 0 Å². The Morgan fingerprint density at radius 1 is 1.24 bits per heavy atom. The van der Waals surface area contributed by atoms with Crippen LogP contribution in [0.3, 0.4) is 0 Å². The minimum Gasteiger partial charge on any atom is -0.300 e. The number of hydrogen-bond acceptors (Lipinski definition) is 4. The van der Waals surface area contributed by atoms with E-state index in [9.17, 15) is 9.18 Å². The van der Waals surface area contributed by atoms with Crippen molar-refractivity contribution in [2.75, 3.05) is 24.5 Å². The monoisotopic (exact) mass is 396 g/mol. The molecule has 1 fully saturated rings. The number of carbonyl (C=O) groups excluding carboxylic acids is 1. The Morgan fingerprint density at radius 2 is 2.03 bits per heavy atom. The average Bonchev–Trinajstić information content (AvgIpc) is 3.03. The molecule has 2 aromatic rings. The van der Waals surface area contributed by atoms with Gasteiger partial charge < -0.3 is 4.90 Å². The summed E-state index contributed by atoms with van der Waals surface area (Å²) < 4.78 is 14.0. The van der Waals surface area contributed by atoms with Crippen LogP contribution in [0.4, 0.5) is 10.2 Å². The molecule has 2 aliphatic heterocycles. The van der Waals surface area contributed by atoms with Crippen LogP contribution >= 0.6 is 0 Å². The van der Waals surface area contributed by atoms with E-state index in [1.165, 1.54) is 6.07 Å². The van der Waals surface area contributed by atoms with E-state index < -0.39 is 0 Å². The van der Waals surface area contributed by atoms with Gasteiger partial charge in [-0.05, 0) is 58.2 Å². The molecule has 5 nitrogen and oxygen atoms in total. The Labute approximate surface area is 172 Å². The number of aromatic nitrogens is 2. The van der Waals surface area contributed by atoms with Crippen LogP contribution in [0.2, 0.25) is 0 Å². The van der Waals surface area contributed by atoms with Crippen molar-refractivity contribution in [3.8, 4) is 0 Å². The van der Waals surface area contributed by atoms with Crippen molar-refractivity contribution in [2.45, 2.75) is 58.4 Å². The molecule has 0 saturated carbocycles. The molecule has 1 saturated heterocycles. The van der Waals surface area contributed by atoms with Crippen LogP contribution in [0.1, 0.15) is 55.3 Å². The highest BCUT2D eigenvalue weighted by molar-refractivity contribution is 6.00. The van der Waals surface area contributed by atoms with Crippen molar-refractivity contribution in [2.24, 2.45) is 0 Å². The number of likely N-dealkylation sites (tertiary alicyclic amines) is 1. The molecule has 1 atom stereocenters. The van der Waals surface area contributed by atoms with Crippen molar-refractivity contribution >= 4 is 11.7 Å². The molecule has 0 radical (unpaired) electrons. The van der Waals surface area contributed by atoms with Gasteiger partial charge in [0.25, 0.3) is 0 Å². The molecule has 1 amide bonds. The molecule has 0 spiro atoms. The van der Waals surface area contributed by atoms with E-state index in [0.29, 0.717) is 36.9 Å². The number of hydrogen-bond donors (Lipinski definition) is 0. The number of aryl methyl sites for hydroxylation is 1. The van der Waals surface area contributed by atoms with E-state index in [1.807, 2.05) is 13.0 Å². The summed E-state index contributed by atoms with van der Waals surface area (Å²) in [6.45, 7) is 8.93. The third kappa shape index (κ3) is 4.04. The number of piperidine rings is 1. The van der Waals surface area contributed by atoms with Gasteiger partial charge in [-0.3, -0.25) is 9.69 Å². The zero-order valence-electron chi connectivity index (χ0n) is 17.5. The summed E-state index contributed by atoms with van der Waals surface area (Å²) in [5, 5.41) is 0. The van der Waals surface area contributed by atoms with Gasteiger partial charge in [0.1, 0.15) is 17.5 Å². The first-order valence-electron chi connectivity index (χ1n) is 10.6. The smallest absolute Gasteiger partial charge is 0.232 e. The molecule has 6 heteroatoms. The van der Waals surface area contributed by atoms with Crippen molar-refractivity contribution in [3.05, 3.63) is 52.7 Å². The second-order valence-corrected chi connectivity index (χ2v) is 8.46. The summed E-state index contributed by atoms with van der Waals surface area (Å²) >= 11 is 0. The van der Waals surface area contributed by atoms with Gasteiger partial charge in [0.05, 0.1) is 6.42 Å². The Hall–Kier alpha value is -2.34. The molecule has 4 rings (SSSR count). The second-order valence-electron chi connectivity index (χ2n) is 8.46. The summed E-state index contributed by atoms with van der Waals surface area (Å²) in [4.78, 5) is 26.5. The first kappa shape index (κ1) is 20.0. The van der Waals surface area contributed by atoms with Crippen molar-refractivity contribution in [1.29, 1.82) is 0 Å². The van der Waals surface area contributed by atoms with Crippen molar-refractivity contribution < 1.29 is 9.18 Å². The van der Waals surface area contributed by atoms with E-state index in [1.54, 1.807) is 17.0 Å². The molecular formula is C23H29FN4O. The number of nitrogens with zero attached hydrogens (tertiary/aromatic N) is 4. The number of benzene rings is 1. The number of fused-ring (bicyclic) bond motifs is 1. The van der Waals surface area contributed by atoms with Crippen molar-refractivity contribution in [1.82, 2.24) is 14.9 Å².